The molecule has 3 aliphatic rings. The highest BCUT2D eigenvalue weighted by molar-refractivity contribution is 5.97. The van der Waals surface area contributed by atoms with Crippen LogP contribution in [0.2, 0.25) is 0 Å². The molecule has 3 saturated heterocycles. The number of methoxy groups -OCH3 is 1. The minimum atomic E-state index is -0.292. The van der Waals surface area contributed by atoms with Crippen molar-refractivity contribution < 1.29 is 23.8 Å². The SMILES string of the molecule is COc1ccc2occ(C(=O)N3CCN4CCC3CC4)c(=O)c2c1.O=CO. The summed E-state index contributed by atoms with van der Waals surface area (Å²) in [7, 11) is 1.54. The molecule has 0 saturated carbocycles. The van der Waals surface area contributed by atoms with Crippen LogP contribution in [0.5, 0.6) is 5.75 Å². The van der Waals surface area contributed by atoms with E-state index in [1.54, 1.807) is 25.3 Å². The molecule has 5 rings (SSSR count). The van der Waals surface area contributed by atoms with Gasteiger partial charge in [-0.05, 0) is 31.0 Å². The molecule has 144 valence electrons. The van der Waals surface area contributed by atoms with Gasteiger partial charge < -0.3 is 24.1 Å². The third kappa shape index (κ3) is 3.80. The Bertz CT molecular complexity index is 885. The molecule has 8 nitrogen and oxygen atoms in total. The second-order valence-corrected chi connectivity index (χ2v) is 6.52. The van der Waals surface area contributed by atoms with Crippen molar-refractivity contribution in [2.45, 2.75) is 18.9 Å². The lowest BCUT2D eigenvalue weighted by Gasteiger charge is -2.31. The zero-order chi connectivity index (χ0) is 19.4. The number of ether oxygens (including phenoxy) is 1. The van der Waals surface area contributed by atoms with E-state index in [9.17, 15) is 9.59 Å². The fourth-order valence-corrected chi connectivity index (χ4v) is 3.69. The van der Waals surface area contributed by atoms with E-state index in [1.807, 2.05) is 4.90 Å². The Labute approximate surface area is 155 Å². The first-order valence-electron chi connectivity index (χ1n) is 8.79. The Balaban J connectivity index is 0.000000659. The van der Waals surface area contributed by atoms with Gasteiger partial charge >= 0.3 is 0 Å². The predicted octanol–water partition coefficient (Wildman–Crippen LogP) is 1.42. The summed E-state index contributed by atoms with van der Waals surface area (Å²) < 4.78 is 10.7. The summed E-state index contributed by atoms with van der Waals surface area (Å²) in [6, 6.07) is 5.26. The van der Waals surface area contributed by atoms with E-state index in [0.717, 1.165) is 32.5 Å². The van der Waals surface area contributed by atoms with Gasteiger partial charge in [-0.1, -0.05) is 0 Å². The largest absolute Gasteiger partial charge is 0.497 e. The lowest BCUT2D eigenvalue weighted by atomic mass is 10.0. The van der Waals surface area contributed by atoms with Crippen LogP contribution in [-0.4, -0.2) is 66.6 Å². The van der Waals surface area contributed by atoms with Crippen LogP contribution in [0.25, 0.3) is 11.0 Å². The fourth-order valence-electron chi connectivity index (χ4n) is 3.69. The van der Waals surface area contributed by atoms with E-state index in [0.29, 0.717) is 23.3 Å². The maximum Gasteiger partial charge on any atom is 0.290 e. The van der Waals surface area contributed by atoms with Gasteiger partial charge in [-0.15, -0.1) is 0 Å². The van der Waals surface area contributed by atoms with Crippen LogP contribution in [0.15, 0.2) is 33.7 Å². The topological polar surface area (TPSA) is 100 Å². The van der Waals surface area contributed by atoms with Crippen LogP contribution in [0.4, 0.5) is 0 Å². The third-order valence-corrected chi connectivity index (χ3v) is 5.13. The number of amides is 1. The van der Waals surface area contributed by atoms with E-state index < -0.39 is 0 Å². The fraction of sp³-hybridized carbons (Fsp3) is 0.421. The van der Waals surface area contributed by atoms with Crippen molar-refractivity contribution in [2.75, 3.05) is 33.3 Å². The molecule has 4 heterocycles. The molecule has 1 aromatic heterocycles. The van der Waals surface area contributed by atoms with Gasteiger partial charge in [-0.2, -0.15) is 0 Å². The maximum atomic E-state index is 13.0. The summed E-state index contributed by atoms with van der Waals surface area (Å²) in [5.41, 5.74) is 0.274. The second kappa shape index (κ2) is 8.22. The first-order chi connectivity index (χ1) is 13.1. The first-order valence-corrected chi connectivity index (χ1v) is 8.79. The average molecular weight is 374 g/mol. The summed E-state index contributed by atoms with van der Waals surface area (Å²) in [6.45, 7) is 3.34. The van der Waals surface area contributed by atoms with Crippen molar-refractivity contribution >= 4 is 23.3 Å². The molecule has 3 fully saturated rings. The maximum absolute atomic E-state index is 13.0. The van der Waals surface area contributed by atoms with E-state index in [-0.39, 0.29) is 29.4 Å². The number of carbonyl (C=O) groups excluding carboxylic acids is 1. The van der Waals surface area contributed by atoms with Crippen molar-refractivity contribution in [3.05, 3.63) is 40.2 Å². The van der Waals surface area contributed by atoms with Crippen molar-refractivity contribution in [3.63, 3.8) is 0 Å². The molecule has 2 aromatic rings. The van der Waals surface area contributed by atoms with Gasteiger partial charge in [0.05, 0.1) is 12.5 Å². The second-order valence-electron chi connectivity index (χ2n) is 6.52. The molecule has 2 bridgehead atoms. The van der Waals surface area contributed by atoms with Crippen molar-refractivity contribution in [1.29, 1.82) is 0 Å². The lowest BCUT2D eigenvalue weighted by Crippen LogP contribution is -2.43. The number of hydrogen-bond acceptors (Lipinski definition) is 6. The van der Waals surface area contributed by atoms with Gasteiger partial charge in [-0.25, -0.2) is 0 Å². The number of benzene rings is 1. The Morgan fingerprint density at radius 2 is 1.96 bits per heavy atom. The summed E-state index contributed by atoms with van der Waals surface area (Å²) >= 11 is 0. The van der Waals surface area contributed by atoms with Crippen molar-refractivity contribution in [2.24, 2.45) is 0 Å². The van der Waals surface area contributed by atoms with Gasteiger partial charge in [-0.3, -0.25) is 14.4 Å². The molecule has 1 N–H and O–H groups in total. The van der Waals surface area contributed by atoms with E-state index >= 15 is 0 Å². The molecular weight excluding hydrogens is 352 g/mol. The minimum Gasteiger partial charge on any atom is -0.497 e. The highest BCUT2D eigenvalue weighted by atomic mass is 16.5. The van der Waals surface area contributed by atoms with Gasteiger partial charge in [0.15, 0.2) is 0 Å². The van der Waals surface area contributed by atoms with Crippen LogP contribution in [0, 0.1) is 0 Å². The molecule has 0 radical (unpaired) electrons. The number of fused-ring (bicyclic) bond motifs is 5. The summed E-state index contributed by atoms with van der Waals surface area (Å²) in [5.74, 6) is 0.350. The highest BCUT2D eigenvalue weighted by Gasteiger charge is 2.33. The molecule has 0 spiro atoms. The zero-order valence-corrected chi connectivity index (χ0v) is 15.1. The summed E-state index contributed by atoms with van der Waals surface area (Å²) in [5, 5.41) is 7.27. The molecule has 1 amide bonds. The molecule has 27 heavy (non-hydrogen) atoms. The zero-order valence-electron chi connectivity index (χ0n) is 15.1. The number of carboxylic acid groups (broad SMARTS) is 1. The van der Waals surface area contributed by atoms with Crippen LogP contribution in [-0.2, 0) is 4.79 Å². The molecule has 1 aromatic carbocycles. The lowest BCUT2D eigenvalue weighted by molar-refractivity contribution is -0.122. The Kier molecular flexibility index (Phi) is 5.75. The number of hydrogen-bond donors (Lipinski definition) is 1. The Hall–Kier alpha value is -2.87. The van der Waals surface area contributed by atoms with E-state index in [4.69, 9.17) is 19.1 Å². The highest BCUT2D eigenvalue weighted by Crippen LogP contribution is 2.23. The molecule has 0 unspecified atom stereocenters. The van der Waals surface area contributed by atoms with Crippen LogP contribution in [0.3, 0.4) is 0 Å². The normalized spacial score (nSPS) is 21.1. The van der Waals surface area contributed by atoms with E-state index in [1.165, 1.54) is 6.26 Å². The van der Waals surface area contributed by atoms with E-state index in [2.05, 4.69) is 4.90 Å². The van der Waals surface area contributed by atoms with Gasteiger partial charge in [0.2, 0.25) is 5.43 Å². The van der Waals surface area contributed by atoms with Crippen LogP contribution in [0.1, 0.15) is 23.2 Å². The molecule has 3 aliphatic heterocycles. The number of carbonyl (C=O) groups is 2. The monoisotopic (exact) mass is 374 g/mol. The van der Waals surface area contributed by atoms with Crippen LogP contribution < -0.4 is 10.2 Å². The van der Waals surface area contributed by atoms with Crippen LogP contribution >= 0.6 is 0 Å². The smallest absolute Gasteiger partial charge is 0.290 e. The van der Waals surface area contributed by atoms with Crippen molar-refractivity contribution in [1.82, 2.24) is 9.80 Å². The van der Waals surface area contributed by atoms with Gasteiger partial charge in [0.1, 0.15) is 23.2 Å². The number of nitrogens with zero attached hydrogens (tertiary/aromatic N) is 2. The Morgan fingerprint density at radius 3 is 2.63 bits per heavy atom. The standard InChI is InChI=1S/C18H20N2O4.CH2O2/c1-23-13-2-3-16-14(10-13)17(21)15(11-24-16)18(22)20-9-8-19-6-4-12(20)5-7-19;2-1-3/h2-3,10-12H,4-9H2,1H3;1H,(H,2,3). The average Bonchev–Trinajstić information content (AvgIpc) is 3.02. The first kappa shape index (κ1) is 18.9. The predicted molar refractivity (Wildman–Crippen MR) is 98.2 cm³/mol. The summed E-state index contributed by atoms with van der Waals surface area (Å²) in [6.07, 6.45) is 3.24. The quantitative estimate of drug-likeness (QED) is 0.794. The Morgan fingerprint density at radius 1 is 1.26 bits per heavy atom. The molecule has 8 heteroatoms. The molecular formula is C19H22N2O6. The van der Waals surface area contributed by atoms with Gasteiger partial charge in [0.25, 0.3) is 12.4 Å². The summed E-state index contributed by atoms with van der Waals surface area (Å²) in [4.78, 5) is 38.4. The number of piperidine rings is 1. The number of rotatable bonds is 2. The minimum absolute atomic E-state index is 0.108. The third-order valence-electron chi connectivity index (χ3n) is 5.13. The molecule has 0 aliphatic carbocycles. The van der Waals surface area contributed by atoms with Crippen molar-refractivity contribution in [3.8, 4) is 5.75 Å². The van der Waals surface area contributed by atoms with Gasteiger partial charge in [0, 0.05) is 32.2 Å². The molecule has 0 atom stereocenters.